The van der Waals surface area contributed by atoms with Gasteiger partial charge in [-0.05, 0) is 30.2 Å². The third-order valence-electron chi connectivity index (χ3n) is 4.70. The fourth-order valence-electron chi connectivity index (χ4n) is 3.10. The number of nitrogens with zero attached hydrogens (tertiary/aromatic N) is 1. The van der Waals surface area contributed by atoms with Gasteiger partial charge in [0, 0.05) is 6.07 Å². The van der Waals surface area contributed by atoms with Crippen LogP contribution in [-0.4, -0.2) is 42.7 Å². The Morgan fingerprint density at radius 1 is 1.06 bits per heavy atom. The first-order chi connectivity index (χ1) is 15.4. The molecule has 2 aromatic carbocycles. The Balaban J connectivity index is 2.01. The van der Waals surface area contributed by atoms with Crippen molar-refractivity contribution in [1.29, 1.82) is 0 Å². The zero-order valence-electron chi connectivity index (χ0n) is 17.6. The number of aromatic nitrogens is 2. The summed E-state index contributed by atoms with van der Waals surface area (Å²) < 4.78 is 56.6. The quantitative estimate of drug-likeness (QED) is 0.510. The van der Waals surface area contributed by atoms with E-state index in [0.29, 0.717) is 23.7 Å². The van der Waals surface area contributed by atoms with Crippen molar-refractivity contribution in [3.8, 4) is 17.2 Å². The van der Waals surface area contributed by atoms with E-state index in [1.165, 1.54) is 7.11 Å². The number of hydrogen-bond donors (Lipinski definition) is 1. The van der Waals surface area contributed by atoms with E-state index in [1.54, 1.807) is 18.2 Å². The van der Waals surface area contributed by atoms with Gasteiger partial charge in [0.05, 0.1) is 31.2 Å². The molecule has 0 bridgehead atoms. The van der Waals surface area contributed by atoms with Crippen LogP contribution in [0.25, 0.3) is 10.9 Å². The van der Waals surface area contributed by atoms with Gasteiger partial charge in [0.25, 0.3) is 5.56 Å². The van der Waals surface area contributed by atoms with Crippen molar-refractivity contribution in [3.63, 3.8) is 0 Å². The Morgan fingerprint density at radius 2 is 1.81 bits per heavy atom. The Kier molecular flexibility index (Phi) is 7.45. The molecule has 1 aromatic heterocycles. The summed E-state index contributed by atoms with van der Waals surface area (Å²) in [5, 5.41) is -0.0627. The number of H-pyrrole nitrogens is 1. The molecule has 0 amide bonds. The third-order valence-corrected chi connectivity index (χ3v) is 4.70. The van der Waals surface area contributed by atoms with E-state index in [2.05, 4.69) is 4.98 Å². The molecule has 32 heavy (non-hydrogen) atoms. The fraction of sp³-hybridized carbons (Fsp3) is 0.364. The highest BCUT2D eigenvalue weighted by Crippen LogP contribution is 2.28. The average molecular weight is 452 g/mol. The summed E-state index contributed by atoms with van der Waals surface area (Å²) in [6.45, 7) is 0.0516. The molecule has 10 heteroatoms. The van der Waals surface area contributed by atoms with Crippen LogP contribution in [0.3, 0.4) is 0 Å². The maximum absolute atomic E-state index is 14.2. The van der Waals surface area contributed by atoms with Gasteiger partial charge >= 0.3 is 5.69 Å². The summed E-state index contributed by atoms with van der Waals surface area (Å²) in [7, 11) is 1.48. The monoisotopic (exact) mass is 452 g/mol. The lowest BCUT2D eigenvalue weighted by atomic mass is 10.2. The van der Waals surface area contributed by atoms with Crippen LogP contribution in [0.5, 0.6) is 17.2 Å². The van der Waals surface area contributed by atoms with Crippen molar-refractivity contribution < 1.29 is 27.4 Å². The molecule has 3 aromatic rings. The van der Waals surface area contributed by atoms with Gasteiger partial charge in [-0.1, -0.05) is 13.0 Å². The summed E-state index contributed by atoms with van der Waals surface area (Å²) in [5.41, 5.74) is -0.924. The van der Waals surface area contributed by atoms with Crippen molar-refractivity contribution in [2.45, 2.75) is 26.0 Å². The number of methoxy groups -OCH3 is 1. The number of aromatic amines is 1. The predicted octanol–water partition coefficient (Wildman–Crippen LogP) is 3.36. The Morgan fingerprint density at radius 3 is 2.47 bits per heavy atom. The molecule has 0 saturated heterocycles. The van der Waals surface area contributed by atoms with Crippen LogP contribution in [0.15, 0.2) is 39.9 Å². The average Bonchev–Trinajstić information content (AvgIpc) is 2.79. The van der Waals surface area contributed by atoms with Crippen molar-refractivity contribution in [3.05, 3.63) is 62.6 Å². The Bertz CT molecular complexity index is 1200. The van der Waals surface area contributed by atoms with Crippen molar-refractivity contribution in [2.24, 2.45) is 0 Å². The first kappa shape index (κ1) is 23.2. The molecule has 7 nitrogen and oxygen atoms in total. The summed E-state index contributed by atoms with van der Waals surface area (Å²) in [4.78, 5) is 27.9. The van der Waals surface area contributed by atoms with Gasteiger partial charge in [0.1, 0.15) is 13.3 Å². The maximum atomic E-state index is 14.2. The second-order valence-electron chi connectivity index (χ2n) is 7.03. The van der Waals surface area contributed by atoms with Gasteiger partial charge in [0.2, 0.25) is 0 Å². The number of fused-ring (bicyclic) bond motifs is 1. The number of halogens is 3. The minimum atomic E-state index is -1.49. The van der Waals surface area contributed by atoms with E-state index >= 15 is 0 Å². The third kappa shape index (κ3) is 4.90. The highest BCUT2D eigenvalue weighted by molar-refractivity contribution is 5.79. The summed E-state index contributed by atoms with van der Waals surface area (Å²) in [6.07, 6.45) is -0.677. The second-order valence-corrected chi connectivity index (χ2v) is 7.03. The molecule has 1 N–H and O–H groups in total. The number of alkyl halides is 2. The minimum Gasteiger partial charge on any atom is -0.493 e. The van der Waals surface area contributed by atoms with Gasteiger partial charge in [-0.15, -0.1) is 0 Å². The van der Waals surface area contributed by atoms with Crippen LogP contribution in [0.1, 0.15) is 18.9 Å². The predicted molar refractivity (Wildman–Crippen MR) is 113 cm³/mol. The van der Waals surface area contributed by atoms with E-state index in [1.807, 2.05) is 6.92 Å². The van der Waals surface area contributed by atoms with Crippen LogP contribution in [0, 0.1) is 5.82 Å². The zero-order chi connectivity index (χ0) is 23.3. The SMILES string of the molecule is CCCOc1ccc(Cn2c(=O)[nH]c3cc(F)c(OC(CF)CF)cc3c2=O)cc1OC. The second kappa shape index (κ2) is 10.3. The molecule has 172 valence electrons. The number of benzene rings is 2. The molecule has 1 heterocycles. The summed E-state index contributed by atoms with van der Waals surface area (Å²) in [6, 6.07) is 6.93. The first-order valence-electron chi connectivity index (χ1n) is 9.96. The van der Waals surface area contributed by atoms with Crippen molar-refractivity contribution in [1.82, 2.24) is 9.55 Å². The molecule has 0 aliphatic rings. The van der Waals surface area contributed by atoms with E-state index < -0.39 is 42.3 Å². The van der Waals surface area contributed by atoms with Crippen LogP contribution in [-0.2, 0) is 6.54 Å². The molecular formula is C22H23F3N2O5. The molecule has 0 spiro atoms. The van der Waals surface area contributed by atoms with E-state index in [0.717, 1.165) is 23.1 Å². The zero-order valence-corrected chi connectivity index (χ0v) is 17.6. The lowest BCUT2D eigenvalue weighted by Crippen LogP contribution is -2.35. The number of ether oxygens (including phenoxy) is 3. The topological polar surface area (TPSA) is 82.5 Å². The highest BCUT2D eigenvalue weighted by Gasteiger charge is 2.17. The molecule has 0 saturated carbocycles. The number of hydrogen-bond acceptors (Lipinski definition) is 5. The number of nitrogens with one attached hydrogen (secondary N) is 1. The molecule has 0 aliphatic carbocycles. The minimum absolute atomic E-state index is 0.0564. The summed E-state index contributed by atoms with van der Waals surface area (Å²) in [5.74, 6) is -0.454. The molecule has 0 unspecified atom stereocenters. The molecule has 0 atom stereocenters. The molecule has 0 radical (unpaired) electrons. The van der Waals surface area contributed by atoms with E-state index in [4.69, 9.17) is 14.2 Å². The van der Waals surface area contributed by atoms with Gasteiger partial charge in [-0.25, -0.2) is 18.0 Å². The summed E-state index contributed by atoms with van der Waals surface area (Å²) >= 11 is 0. The first-order valence-corrected chi connectivity index (χ1v) is 9.96. The van der Waals surface area contributed by atoms with Gasteiger partial charge < -0.3 is 19.2 Å². The number of rotatable bonds is 10. The van der Waals surface area contributed by atoms with Crippen LogP contribution < -0.4 is 25.5 Å². The van der Waals surface area contributed by atoms with Crippen molar-refractivity contribution in [2.75, 3.05) is 27.1 Å². The van der Waals surface area contributed by atoms with Crippen molar-refractivity contribution >= 4 is 10.9 Å². The highest BCUT2D eigenvalue weighted by atomic mass is 19.1. The lowest BCUT2D eigenvalue weighted by molar-refractivity contribution is 0.129. The van der Waals surface area contributed by atoms with E-state index in [9.17, 15) is 22.8 Å². The Hall–Kier alpha value is -3.43. The Labute approximate surface area is 181 Å². The van der Waals surface area contributed by atoms with Crippen LogP contribution in [0.4, 0.5) is 13.2 Å². The van der Waals surface area contributed by atoms with Crippen LogP contribution >= 0.6 is 0 Å². The normalized spacial score (nSPS) is 11.2. The molecule has 3 rings (SSSR count). The van der Waals surface area contributed by atoms with Gasteiger partial charge in [-0.3, -0.25) is 9.36 Å². The standard InChI is InChI=1S/C22H23F3N2O5/c1-3-6-31-18-5-4-13(7-20(18)30-2)12-27-21(28)15-8-19(32-14(10-23)11-24)16(25)9-17(15)26-22(27)29/h4-5,7-9,14H,3,6,10-12H2,1-2H3,(H,26,29). The molecule has 0 fully saturated rings. The van der Waals surface area contributed by atoms with Crippen LogP contribution in [0.2, 0.25) is 0 Å². The fourth-order valence-corrected chi connectivity index (χ4v) is 3.10. The largest absolute Gasteiger partial charge is 0.493 e. The lowest BCUT2D eigenvalue weighted by Gasteiger charge is -2.14. The molecular weight excluding hydrogens is 429 g/mol. The van der Waals surface area contributed by atoms with Gasteiger partial charge in [-0.2, -0.15) is 0 Å². The van der Waals surface area contributed by atoms with E-state index in [-0.39, 0.29) is 17.4 Å². The molecule has 0 aliphatic heterocycles. The smallest absolute Gasteiger partial charge is 0.329 e. The maximum Gasteiger partial charge on any atom is 0.329 e. The van der Waals surface area contributed by atoms with Gasteiger partial charge in [0.15, 0.2) is 29.2 Å².